The van der Waals surface area contributed by atoms with Crippen molar-refractivity contribution in [3.63, 3.8) is 0 Å². The zero-order valence-corrected chi connectivity index (χ0v) is 22.1. The molecule has 1 aliphatic heterocycles. The van der Waals surface area contributed by atoms with Crippen molar-refractivity contribution in [1.82, 2.24) is 20.2 Å². The van der Waals surface area contributed by atoms with E-state index < -0.39 is 29.2 Å². The molecule has 2 amide bonds. The molecule has 2 aromatic heterocycles. The van der Waals surface area contributed by atoms with Gasteiger partial charge in [-0.3, -0.25) is 9.59 Å². The van der Waals surface area contributed by atoms with Crippen molar-refractivity contribution in [2.45, 2.75) is 77.2 Å². The molecule has 1 aliphatic carbocycles. The molecule has 202 valence electrons. The molecule has 0 spiro atoms. The first-order chi connectivity index (χ1) is 17.2. The van der Waals surface area contributed by atoms with Gasteiger partial charge in [-0.05, 0) is 65.4 Å². The molecule has 1 saturated heterocycles. The van der Waals surface area contributed by atoms with Gasteiger partial charge >= 0.3 is 6.18 Å². The Kier molecular flexibility index (Phi) is 7.53. The maximum Gasteiger partial charge on any atom is 0.417 e. The number of aliphatic hydroxyl groups is 1. The van der Waals surface area contributed by atoms with Gasteiger partial charge in [0.25, 0.3) is 11.8 Å². The highest BCUT2D eigenvalue weighted by atomic mass is 32.1. The second kappa shape index (κ2) is 10.2. The fourth-order valence-corrected chi connectivity index (χ4v) is 5.38. The molecule has 2 atom stereocenters. The van der Waals surface area contributed by atoms with Crippen LogP contribution in [0.15, 0.2) is 12.3 Å². The number of likely N-dealkylation sites (tertiary alicyclic amines) is 1. The van der Waals surface area contributed by atoms with Crippen molar-refractivity contribution in [3.8, 4) is 10.4 Å². The quantitative estimate of drug-likeness (QED) is 0.454. The lowest BCUT2D eigenvalue weighted by Gasteiger charge is -2.21. The summed E-state index contributed by atoms with van der Waals surface area (Å²) in [6.45, 7) is 7.16. The van der Waals surface area contributed by atoms with Gasteiger partial charge in [0.2, 0.25) is 0 Å². The van der Waals surface area contributed by atoms with E-state index in [1.807, 2.05) is 13.8 Å². The molecular weight excluding hydrogens is 507 g/mol. The van der Waals surface area contributed by atoms with E-state index in [0.717, 1.165) is 37.9 Å². The lowest BCUT2D eigenvalue weighted by Crippen LogP contribution is -2.38. The number of carbonyl (C=O) groups excluding carboxylic acids is 2. The Morgan fingerprint density at radius 2 is 1.97 bits per heavy atom. The van der Waals surface area contributed by atoms with Crippen molar-refractivity contribution in [2.75, 3.05) is 18.4 Å². The number of hydrogen-bond acceptors (Lipinski definition) is 7. The van der Waals surface area contributed by atoms with Gasteiger partial charge in [0.05, 0.1) is 16.0 Å². The molecule has 0 radical (unpaired) electrons. The molecule has 2 aromatic rings. The van der Waals surface area contributed by atoms with Crippen LogP contribution in [0.4, 0.5) is 19.0 Å². The lowest BCUT2D eigenvalue weighted by atomic mass is 10.1. The van der Waals surface area contributed by atoms with E-state index in [9.17, 15) is 27.9 Å². The number of anilines is 1. The highest BCUT2D eigenvalue weighted by molar-refractivity contribution is 7.17. The lowest BCUT2D eigenvalue weighted by molar-refractivity contribution is -0.137. The molecule has 4 rings (SSSR count). The molecule has 0 bridgehead atoms. The van der Waals surface area contributed by atoms with Crippen LogP contribution in [0, 0.1) is 5.92 Å². The topological polar surface area (TPSA) is 107 Å². The molecule has 12 heteroatoms. The summed E-state index contributed by atoms with van der Waals surface area (Å²) in [5, 5.41) is 15.4. The Hall–Kier alpha value is -2.73. The number of amides is 2. The third kappa shape index (κ3) is 6.40. The van der Waals surface area contributed by atoms with Gasteiger partial charge in [-0.25, -0.2) is 9.97 Å². The van der Waals surface area contributed by atoms with E-state index in [4.69, 9.17) is 0 Å². The Labute approximate surface area is 217 Å². The minimum absolute atomic E-state index is 0.0114. The summed E-state index contributed by atoms with van der Waals surface area (Å²) in [7, 11) is 0. The highest BCUT2D eigenvalue weighted by Crippen LogP contribution is 2.42. The van der Waals surface area contributed by atoms with E-state index in [2.05, 4.69) is 20.6 Å². The van der Waals surface area contributed by atoms with Gasteiger partial charge in [0.1, 0.15) is 11.5 Å². The average molecular weight is 540 g/mol. The maximum absolute atomic E-state index is 14.3. The van der Waals surface area contributed by atoms with Crippen LogP contribution in [0.1, 0.15) is 79.2 Å². The van der Waals surface area contributed by atoms with Crippen molar-refractivity contribution < 1.29 is 27.9 Å². The van der Waals surface area contributed by atoms with Gasteiger partial charge in [-0.1, -0.05) is 0 Å². The van der Waals surface area contributed by atoms with E-state index in [1.165, 1.54) is 13.8 Å². The van der Waals surface area contributed by atoms with Crippen LogP contribution in [0.2, 0.25) is 0 Å². The number of aromatic nitrogens is 2. The third-order valence-corrected chi connectivity index (χ3v) is 7.77. The summed E-state index contributed by atoms with van der Waals surface area (Å²) in [5.41, 5.74) is -2.66. The number of nitrogens with one attached hydrogen (secondary N) is 2. The predicted octanol–water partition coefficient (Wildman–Crippen LogP) is 4.56. The van der Waals surface area contributed by atoms with Gasteiger partial charge in [-0.2, -0.15) is 13.2 Å². The van der Waals surface area contributed by atoms with E-state index in [1.54, 1.807) is 4.90 Å². The standard InChI is InChI=1S/C25H32F3N5O3S/c1-13-6-5-9-33(13)23(35)19-20(37-22(32-19)21(34)30-12-24(3,4)36)16-11-29-18(10-17(16)25(26,27)28)31-14(2)15-7-8-15/h10-11,13-15,36H,5-9,12H2,1-4H3,(H,29,31)(H,30,34)/t13-,14-/m0/s1. The Bertz CT molecular complexity index is 1170. The molecule has 3 N–H and O–H groups in total. The van der Waals surface area contributed by atoms with E-state index >= 15 is 0 Å². The number of carbonyl (C=O) groups is 2. The Morgan fingerprint density at radius 1 is 1.27 bits per heavy atom. The number of rotatable bonds is 8. The normalized spacial score (nSPS) is 19.1. The number of thiazole rings is 1. The molecule has 1 saturated carbocycles. The van der Waals surface area contributed by atoms with E-state index in [-0.39, 0.29) is 45.6 Å². The van der Waals surface area contributed by atoms with Crippen molar-refractivity contribution in [3.05, 3.63) is 28.5 Å². The molecule has 2 fully saturated rings. The van der Waals surface area contributed by atoms with E-state index in [0.29, 0.717) is 23.8 Å². The van der Waals surface area contributed by atoms with Crippen LogP contribution in [0.5, 0.6) is 0 Å². The van der Waals surface area contributed by atoms with Crippen LogP contribution in [0.25, 0.3) is 10.4 Å². The largest absolute Gasteiger partial charge is 0.417 e. The summed E-state index contributed by atoms with van der Waals surface area (Å²) >= 11 is 0.712. The molecule has 37 heavy (non-hydrogen) atoms. The van der Waals surface area contributed by atoms with Crippen LogP contribution in [-0.2, 0) is 6.18 Å². The summed E-state index contributed by atoms with van der Waals surface area (Å²) in [5.74, 6) is -0.687. The Balaban J connectivity index is 1.76. The highest BCUT2D eigenvalue weighted by Gasteiger charge is 2.39. The monoisotopic (exact) mass is 539 g/mol. The van der Waals surface area contributed by atoms with Gasteiger partial charge in [-0.15, -0.1) is 11.3 Å². The zero-order valence-electron chi connectivity index (χ0n) is 21.3. The van der Waals surface area contributed by atoms with Gasteiger partial charge in [0, 0.05) is 36.9 Å². The van der Waals surface area contributed by atoms with Crippen LogP contribution in [0.3, 0.4) is 0 Å². The predicted molar refractivity (Wildman–Crippen MR) is 135 cm³/mol. The number of nitrogens with zero attached hydrogens (tertiary/aromatic N) is 3. The minimum atomic E-state index is -4.73. The fraction of sp³-hybridized carbons (Fsp3) is 0.600. The van der Waals surface area contributed by atoms with Crippen molar-refractivity contribution in [1.29, 1.82) is 0 Å². The molecule has 0 aromatic carbocycles. The number of pyridine rings is 1. The molecule has 8 nitrogen and oxygen atoms in total. The maximum atomic E-state index is 14.3. The second-order valence-corrected chi connectivity index (χ2v) is 11.6. The van der Waals surface area contributed by atoms with Crippen LogP contribution in [-0.4, -0.2) is 62.6 Å². The summed E-state index contributed by atoms with van der Waals surface area (Å²) < 4.78 is 42.8. The molecule has 2 aliphatic rings. The summed E-state index contributed by atoms with van der Waals surface area (Å²) in [6, 6.07) is 0.849. The number of halogens is 3. The van der Waals surface area contributed by atoms with Gasteiger partial charge in [0.15, 0.2) is 5.01 Å². The van der Waals surface area contributed by atoms with Gasteiger partial charge < -0.3 is 20.6 Å². The second-order valence-electron chi connectivity index (χ2n) is 10.6. The first-order valence-corrected chi connectivity index (χ1v) is 13.2. The SMILES string of the molecule is C[C@H](Nc1cc(C(F)(F)F)c(-c2sc(C(=O)NCC(C)(C)O)nc2C(=O)N2CCC[C@@H]2C)cn1)C1CC1. The molecular formula is C25H32F3N5O3S. The fourth-order valence-electron chi connectivity index (χ4n) is 4.39. The molecule has 0 unspecified atom stereocenters. The first kappa shape index (κ1) is 27.3. The number of hydrogen-bond donors (Lipinski definition) is 3. The average Bonchev–Trinajstić information content (AvgIpc) is 3.43. The summed E-state index contributed by atoms with van der Waals surface area (Å²) in [6.07, 6.45) is -0.0256. The third-order valence-electron chi connectivity index (χ3n) is 6.68. The van der Waals surface area contributed by atoms with Crippen LogP contribution >= 0.6 is 11.3 Å². The smallest absolute Gasteiger partial charge is 0.389 e. The number of alkyl halides is 3. The van der Waals surface area contributed by atoms with Crippen molar-refractivity contribution >= 4 is 29.0 Å². The zero-order chi connectivity index (χ0) is 27.1. The first-order valence-electron chi connectivity index (χ1n) is 12.4. The molecule has 3 heterocycles. The Morgan fingerprint density at radius 3 is 2.54 bits per heavy atom. The minimum Gasteiger partial charge on any atom is -0.389 e. The summed E-state index contributed by atoms with van der Waals surface area (Å²) in [4.78, 5) is 36.2. The van der Waals surface area contributed by atoms with Crippen molar-refractivity contribution in [2.24, 2.45) is 5.92 Å². The van der Waals surface area contributed by atoms with Crippen LogP contribution < -0.4 is 10.6 Å².